The molecule has 48 heavy (non-hydrogen) atoms. The van der Waals surface area contributed by atoms with Gasteiger partial charge in [0.15, 0.2) is 0 Å². The first-order valence-electron chi connectivity index (χ1n) is 17.1. The number of ether oxygens (including phenoxy) is 5. The zero-order valence-corrected chi connectivity index (χ0v) is 29.0. The standard InChI is InChI=1S/C35H54FN3O9/c1-35(2,3)48-34(43)38-16-12-26(13-17-38)10-11-31(40)39-15-6-8-28(25-39)33(42)37-30(24-32(41)44-4)27-7-5-9-29(23-27)47-22-21-46-20-19-45-18-14-36/h5,7,9,23,26,28,30H,6,8,10-22,24-25H2,1-4H3,(H,37,42). The van der Waals surface area contributed by atoms with Crippen LogP contribution < -0.4 is 10.1 Å². The first-order chi connectivity index (χ1) is 23.0. The van der Waals surface area contributed by atoms with Crippen molar-refractivity contribution in [3.63, 3.8) is 0 Å². The van der Waals surface area contributed by atoms with Gasteiger partial charge < -0.3 is 38.8 Å². The van der Waals surface area contributed by atoms with Gasteiger partial charge in [0, 0.05) is 32.6 Å². The molecule has 3 amide bonds. The van der Waals surface area contributed by atoms with Crippen molar-refractivity contribution in [3.05, 3.63) is 29.8 Å². The van der Waals surface area contributed by atoms with Crippen LogP contribution in [0.1, 0.15) is 77.3 Å². The number of benzene rings is 1. The molecule has 3 rings (SSSR count). The molecule has 2 atom stereocenters. The highest BCUT2D eigenvalue weighted by Crippen LogP contribution is 2.27. The average Bonchev–Trinajstić information content (AvgIpc) is 3.07. The normalized spacial score (nSPS) is 17.8. The van der Waals surface area contributed by atoms with E-state index in [1.165, 1.54) is 7.11 Å². The molecule has 0 aliphatic carbocycles. The summed E-state index contributed by atoms with van der Waals surface area (Å²) in [6, 6.07) is 6.51. The molecule has 2 unspecified atom stereocenters. The second-order valence-corrected chi connectivity index (χ2v) is 13.3. The summed E-state index contributed by atoms with van der Waals surface area (Å²) in [5.74, 6) is -0.132. The van der Waals surface area contributed by atoms with Crippen molar-refractivity contribution >= 4 is 23.9 Å². The summed E-state index contributed by atoms with van der Waals surface area (Å²) < 4.78 is 38.7. The molecule has 13 heteroatoms. The molecule has 0 radical (unpaired) electrons. The van der Waals surface area contributed by atoms with E-state index in [1.807, 2.05) is 26.8 Å². The number of methoxy groups -OCH3 is 1. The molecular formula is C35H54FN3O9. The molecule has 1 aromatic carbocycles. The third kappa shape index (κ3) is 14.0. The van der Waals surface area contributed by atoms with Gasteiger partial charge in [0.1, 0.15) is 24.6 Å². The van der Waals surface area contributed by atoms with Crippen molar-refractivity contribution in [1.82, 2.24) is 15.1 Å². The maximum atomic E-state index is 13.5. The second-order valence-electron chi connectivity index (χ2n) is 13.3. The predicted octanol–water partition coefficient (Wildman–Crippen LogP) is 4.45. The Labute approximate surface area is 283 Å². The molecule has 2 fully saturated rings. The van der Waals surface area contributed by atoms with Gasteiger partial charge in [0.25, 0.3) is 0 Å². The number of nitrogens with zero attached hydrogens (tertiary/aromatic N) is 2. The van der Waals surface area contributed by atoms with Gasteiger partial charge in [0.2, 0.25) is 11.8 Å². The summed E-state index contributed by atoms with van der Waals surface area (Å²) in [5, 5.41) is 3.03. The summed E-state index contributed by atoms with van der Waals surface area (Å²) in [6.45, 7) is 8.49. The number of likely N-dealkylation sites (tertiary alicyclic amines) is 2. The monoisotopic (exact) mass is 679 g/mol. The Balaban J connectivity index is 1.48. The fourth-order valence-corrected chi connectivity index (χ4v) is 5.84. The Kier molecular flexibility index (Phi) is 16.4. The van der Waals surface area contributed by atoms with Crippen LogP contribution in [0.2, 0.25) is 0 Å². The number of carbonyl (C=O) groups is 4. The third-order valence-corrected chi connectivity index (χ3v) is 8.44. The summed E-state index contributed by atoms with van der Waals surface area (Å²) in [6.07, 6.45) is 3.82. The van der Waals surface area contributed by atoms with E-state index < -0.39 is 30.2 Å². The van der Waals surface area contributed by atoms with Crippen LogP contribution in [0.4, 0.5) is 9.18 Å². The number of rotatable bonds is 17. The molecule has 1 N–H and O–H groups in total. The topological polar surface area (TPSA) is 133 Å². The molecule has 2 aliphatic heterocycles. The smallest absolute Gasteiger partial charge is 0.410 e. The number of hydrogen-bond acceptors (Lipinski definition) is 9. The highest BCUT2D eigenvalue weighted by molar-refractivity contribution is 5.82. The van der Waals surface area contributed by atoms with Crippen molar-refractivity contribution in [1.29, 1.82) is 0 Å². The van der Waals surface area contributed by atoms with E-state index in [0.29, 0.717) is 82.5 Å². The Bertz CT molecular complexity index is 1170. The Morgan fingerprint density at radius 2 is 1.67 bits per heavy atom. The van der Waals surface area contributed by atoms with Gasteiger partial charge in [0.05, 0.1) is 51.9 Å². The van der Waals surface area contributed by atoms with E-state index in [1.54, 1.807) is 28.0 Å². The lowest BCUT2D eigenvalue weighted by atomic mass is 9.91. The summed E-state index contributed by atoms with van der Waals surface area (Å²) in [5.41, 5.74) is 0.159. The Morgan fingerprint density at radius 1 is 0.958 bits per heavy atom. The predicted molar refractivity (Wildman–Crippen MR) is 176 cm³/mol. The van der Waals surface area contributed by atoms with Gasteiger partial charge in [-0.3, -0.25) is 14.4 Å². The SMILES string of the molecule is COC(=O)CC(NC(=O)C1CCCN(C(=O)CCC2CCN(C(=O)OC(C)(C)C)CC2)C1)c1cccc(OCCOCCOCCF)c1. The molecule has 2 saturated heterocycles. The summed E-state index contributed by atoms with van der Waals surface area (Å²) in [4.78, 5) is 54.9. The number of carbonyl (C=O) groups excluding carboxylic acids is 4. The van der Waals surface area contributed by atoms with Gasteiger partial charge in [-0.15, -0.1) is 0 Å². The lowest BCUT2D eigenvalue weighted by Gasteiger charge is -2.35. The largest absolute Gasteiger partial charge is 0.491 e. The third-order valence-electron chi connectivity index (χ3n) is 8.44. The van der Waals surface area contributed by atoms with Crippen molar-refractivity contribution in [2.75, 3.05) is 73.0 Å². The van der Waals surface area contributed by atoms with Crippen molar-refractivity contribution in [3.8, 4) is 5.75 Å². The van der Waals surface area contributed by atoms with E-state index in [9.17, 15) is 23.6 Å². The van der Waals surface area contributed by atoms with Crippen molar-refractivity contribution in [2.45, 2.75) is 77.4 Å². The van der Waals surface area contributed by atoms with Crippen molar-refractivity contribution < 1.29 is 47.3 Å². The number of hydrogen-bond donors (Lipinski definition) is 1. The molecule has 12 nitrogen and oxygen atoms in total. The minimum Gasteiger partial charge on any atom is -0.491 e. The number of nitrogens with one attached hydrogen (secondary N) is 1. The van der Waals surface area contributed by atoms with Crippen LogP contribution in [0.15, 0.2) is 24.3 Å². The fraction of sp³-hybridized carbons (Fsp3) is 0.714. The van der Waals surface area contributed by atoms with Gasteiger partial charge in [-0.2, -0.15) is 0 Å². The number of halogens is 1. The van der Waals surface area contributed by atoms with E-state index in [4.69, 9.17) is 23.7 Å². The highest BCUT2D eigenvalue weighted by Gasteiger charge is 2.32. The summed E-state index contributed by atoms with van der Waals surface area (Å²) >= 11 is 0. The molecule has 0 bridgehead atoms. The van der Waals surface area contributed by atoms with Crippen LogP contribution in [0.3, 0.4) is 0 Å². The first-order valence-corrected chi connectivity index (χ1v) is 17.1. The fourth-order valence-electron chi connectivity index (χ4n) is 5.84. The van der Waals surface area contributed by atoms with Crippen LogP contribution in [0.25, 0.3) is 0 Å². The van der Waals surface area contributed by atoms with E-state index >= 15 is 0 Å². The highest BCUT2D eigenvalue weighted by atomic mass is 19.1. The molecule has 0 aromatic heterocycles. The number of amides is 3. The number of piperidine rings is 2. The van der Waals surface area contributed by atoms with E-state index in [0.717, 1.165) is 19.3 Å². The zero-order valence-electron chi connectivity index (χ0n) is 29.0. The van der Waals surface area contributed by atoms with Crippen LogP contribution in [0.5, 0.6) is 5.75 Å². The lowest BCUT2D eigenvalue weighted by molar-refractivity contribution is -0.141. The summed E-state index contributed by atoms with van der Waals surface area (Å²) in [7, 11) is 1.30. The van der Waals surface area contributed by atoms with Crippen LogP contribution >= 0.6 is 0 Å². The molecule has 2 aliphatic rings. The van der Waals surface area contributed by atoms with Crippen LogP contribution in [-0.2, 0) is 33.3 Å². The van der Waals surface area contributed by atoms with Crippen LogP contribution in [-0.4, -0.2) is 112 Å². The molecule has 0 spiro atoms. The number of alkyl halides is 1. The lowest BCUT2D eigenvalue weighted by Crippen LogP contribution is -2.46. The van der Waals surface area contributed by atoms with Gasteiger partial charge >= 0.3 is 12.1 Å². The minimum absolute atomic E-state index is 0.0364. The van der Waals surface area contributed by atoms with Gasteiger partial charge in [-0.25, -0.2) is 9.18 Å². The average molecular weight is 680 g/mol. The molecule has 270 valence electrons. The molecular weight excluding hydrogens is 625 g/mol. The molecule has 1 aromatic rings. The second kappa shape index (κ2) is 20.2. The molecule has 2 heterocycles. The van der Waals surface area contributed by atoms with Gasteiger partial charge in [-0.05, 0) is 76.5 Å². The minimum atomic E-state index is -0.643. The van der Waals surface area contributed by atoms with Crippen molar-refractivity contribution in [2.24, 2.45) is 11.8 Å². The van der Waals surface area contributed by atoms with Gasteiger partial charge in [-0.1, -0.05) is 12.1 Å². The Hall–Kier alpha value is -3.45. The molecule has 0 saturated carbocycles. The number of esters is 1. The van der Waals surface area contributed by atoms with E-state index in [-0.39, 0.29) is 37.5 Å². The maximum absolute atomic E-state index is 13.5. The zero-order chi connectivity index (χ0) is 34.9. The quantitative estimate of drug-likeness (QED) is 0.187. The Morgan fingerprint density at radius 3 is 2.35 bits per heavy atom. The van der Waals surface area contributed by atoms with Crippen LogP contribution in [0, 0.1) is 11.8 Å². The maximum Gasteiger partial charge on any atom is 0.410 e. The van der Waals surface area contributed by atoms with E-state index in [2.05, 4.69) is 5.32 Å². The first kappa shape index (κ1) is 39.0.